The van der Waals surface area contributed by atoms with Crippen LogP contribution in [0.4, 0.5) is 0 Å². The average Bonchev–Trinajstić information content (AvgIpc) is 2.37. The van der Waals surface area contributed by atoms with Crippen molar-refractivity contribution in [1.29, 1.82) is 0 Å². The summed E-state index contributed by atoms with van der Waals surface area (Å²) in [4.78, 5) is 11.8. The Kier molecular flexibility index (Phi) is 9.83. The van der Waals surface area contributed by atoms with Gasteiger partial charge in [-0.25, -0.2) is 0 Å². The molecule has 0 amide bonds. The second kappa shape index (κ2) is 10.2. The van der Waals surface area contributed by atoms with Crippen LogP contribution in [-0.4, -0.2) is 51.1 Å². The maximum absolute atomic E-state index is 11.8. The van der Waals surface area contributed by atoms with Crippen LogP contribution in [0.5, 0.6) is 0 Å². The second-order valence-electron chi connectivity index (χ2n) is 4.85. The number of nitrogens with one attached hydrogen (secondary N) is 1. The molecule has 5 heteroatoms. The van der Waals surface area contributed by atoms with Gasteiger partial charge in [0.2, 0.25) is 0 Å². The van der Waals surface area contributed by atoms with Crippen LogP contribution in [-0.2, 0) is 19.0 Å². The van der Waals surface area contributed by atoms with Gasteiger partial charge >= 0.3 is 5.97 Å². The molecule has 2 atom stereocenters. The van der Waals surface area contributed by atoms with Crippen LogP contribution in [0.15, 0.2) is 0 Å². The average molecular weight is 275 g/mol. The molecule has 0 heterocycles. The van der Waals surface area contributed by atoms with Crippen molar-refractivity contribution in [3.63, 3.8) is 0 Å². The van der Waals surface area contributed by atoms with Gasteiger partial charge in [0.05, 0.1) is 26.4 Å². The third-order valence-electron chi connectivity index (χ3n) is 2.88. The van der Waals surface area contributed by atoms with E-state index in [0.29, 0.717) is 26.2 Å². The molecule has 0 saturated heterocycles. The SMILES string of the molecule is CCCOCCOC(C)CC(C)(NCC)C(=O)OC. The lowest BCUT2D eigenvalue weighted by Gasteiger charge is -2.30. The van der Waals surface area contributed by atoms with Gasteiger partial charge in [-0.15, -0.1) is 0 Å². The molecule has 5 nitrogen and oxygen atoms in total. The summed E-state index contributed by atoms with van der Waals surface area (Å²) in [5.41, 5.74) is -0.701. The predicted molar refractivity (Wildman–Crippen MR) is 75.2 cm³/mol. The van der Waals surface area contributed by atoms with Crippen molar-refractivity contribution in [2.45, 2.75) is 52.2 Å². The lowest BCUT2D eigenvalue weighted by Crippen LogP contribution is -2.52. The number of rotatable bonds is 11. The highest BCUT2D eigenvalue weighted by atomic mass is 16.5. The number of carbonyl (C=O) groups excluding carboxylic acids is 1. The zero-order chi connectivity index (χ0) is 14.7. The normalized spacial score (nSPS) is 15.8. The van der Waals surface area contributed by atoms with E-state index >= 15 is 0 Å². The minimum Gasteiger partial charge on any atom is -0.468 e. The standard InChI is InChI=1S/C14H29NO4/c1-6-8-18-9-10-19-12(3)11-14(4,15-7-2)13(16)17-5/h12,15H,6-11H2,1-5H3. The van der Waals surface area contributed by atoms with Crippen molar-refractivity contribution in [3.05, 3.63) is 0 Å². The fraction of sp³-hybridized carbons (Fsp3) is 0.929. The van der Waals surface area contributed by atoms with Crippen molar-refractivity contribution in [1.82, 2.24) is 5.32 Å². The molecule has 0 fully saturated rings. The lowest BCUT2D eigenvalue weighted by atomic mass is 9.94. The molecular weight excluding hydrogens is 246 g/mol. The van der Waals surface area contributed by atoms with Gasteiger partial charge < -0.3 is 19.5 Å². The van der Waals surface area contributed by atoms with E-state index in [2.05, 4.69) is 12.2 Å². The molecule has 0 aromatic carbocycles. The molecule has 1 N–H and O–H groups in total. The van der Waals surface area contributed by atoms with Gasteiger partial charge in [-0.2, -0.15) is 0 Å². The first-order chi connectivity index (χ1) is 9.00. The Morgan fingerprint density at radius 1 is 1.26 bits per heavy atom. The molecule has 0 aromatic rings. The molecule has 0 aliphatic carbocycles. The summed E-state index contributed by atoms with van der Waals surface area (Å²) in [5, 5.41) is 3.17. The van der Waals surface area contributed by atoms with E-state index in [9.17, 15) is 4.79 Å². The third-order valence-corrected chi connectivity index (χ3v) is 2.88. The number of esters is 1. The van der Waals surface area contributed by atoms with Gasteiger partial charge in [0.25, 0.3) is 0 Å². The zero-order valence-electron chi connectivity index (χ0n) is 13.0. The summed E-state index contributed by atoms with van der Waals surface area (Å²) < 4.78 is 15.8. The molecule has 0 saturated carbocycles. The summed E-state index contributed by atoms with van der Waals surface area (Å²) >= 11 is 0. The summed E-state index contributed by atoms with van der Waals surface area (Å²) in [5.74, 6) is -0.257. The summed E-state index contributed by atoms with van der Waals surface area (Å²) in [6.45, 7) is 10.4. The second-order valence-corrected chi connectivity index (χ2v) is 4.85. The van der Waals surface area contributed by atoms with E-state index in [0.717, 1.165) is 13.0 Å². The highest BCUT2D eigenvalue weighted by Crippen LogP contribution is 2.16. The van der Waals surface area contributed by atoms with Crippen LogP contribution in [0.3, 0.4) is 0 Å². The molecule has 0 aliphatic heterocycles. The maximum atomic E-state index is 11.8. The Morgan fingerprint density at radius 2 is 1.95 bits per heavy atom. The zero-order valence-corrected chi connectivity index (χ0v) is 13.0. The van der Waals surface area contributed by atoms with Crippen LogP contribution >= 0.6 is 0 Å². The van der Waals surface area contributed by atoms with E-state index < -0.39 is 5.54 Å². The third kappa shape index (κ3) is 7.50. The Balaban J connectivity index is 4.10. The predicted octanol–water partition coefficient (Wildman–Crippen LogP) is 1.75. The van der Waals surface area contributed by atoms with Gasteiger partial charge in [0, 0.05) is 13.0 Å². The molecule has 0 aliphatic rings. The number of likely N-dealkylation sites (N-methyl/N-ethyl adjacent to an activating group) is 1. The van der Waals surface area contributed by atoms with Gasteiger partial charge in [0.1, 0.15) is 5.54 Å². The van der Waals surface area contributed by atoms with Crippen LogP contribution in [0.25, 0.3) is 0 Å². The molecule has 0 aromatic heterocycles. The maximum Gasteiger partial charge on any atom is 0.325 e. The molecule has 0 radical (unpaired) electrons. The van der Waals surface area contributed by atoms with Crippen molar-refractivity contribution in [2.75, 3.05) is 33.5 Å². The first-order valence-corrected chi connectivity index (χ1v) is 7.03. The fourth-order valence-corrected chi connectivity index (χ4v) is 2.03. The van der Waals surface area contributed by atoms with Gasteiger partial charge in [-0.3, -0.25) is 4.79 Å². The highest BCUT2D eigenvalue weighted by molar-refractivity contribution is 5.80. The van der Waals surface area contributed by atoms with Gasteiger partial charge in [-0.05, 0) is 26.8 Å². The molecule has 0 spiro atoms. The van der Waals surface area contributed by atoms with Crippen molar-refractivity contribution < 1.29 is 19.0 Å². The van der Waals surface area contributed by atoms with E-state index in [4.69, 9.17) is 14.2 Å². The Labute approximate surface area is 117 Å². The minimum absolute atomic E-state index is 0.0339. The number of carbonyl (C=O) groups is 1. The van der Waals surface area contributed by atoms with E-state index in [-0.39, 0.29) is 12.1 Å². The Morgan fingerprint density at radius 3 is 2.47 bits per heavy atom. The molecule has 0 bridgehead atoms. The van der Waals surface area contributed by atoms with Crippen LogP contribution < -0.4 is 5.32 Å². The van der Waals surface area contributed by atoms with E-state index in [1.165, 1.54) is 7.11 Å². The minimum atomic E-state index is -0.701. The highest BCUT2D eigenvalue weighted by Gasteiger charge is 2.35. The Hall–Kier alpha value is -0.650. The fourth-order valence-electron chi connectivity index (χ4n) is 2.03. The number of hydrogen-bond donors (Lipinski definition) is 1. The molecule has 0 rings (SSSR count). The van der Waals surface area contributed by atoms with Crippen LogP contribution in [0.1, 0.15) is 40.5 Å². The van der Waals surface area contributed by atoms with Gasteiger partial charge in [0.15, 0.2) is 0 Å². The smallest absolute Gasteiger partial charge is 0.325 e. The quantitative estimate of drug-likeness (QED) is 0.460. The summed E-state index contributed by atoms with van der Waals surface area (Å²) in [7, 11) is 1.40. The van der Waals surface area contributed by atoms with Crippen molar-refractivity contribution in [2.24, 2.45) is 0 Å². The number of methoxy groups -OCH3 is 1. The first-order valence-electron chi connectivity index (χ1n) is 7.03. The van der Waals surface area contributed by atoms with Crippen LogP contribution in [0.2, 0.25) is 0 Å². The van der Waals surface area contributed by atoms with E-state index in [1.54, 1.807) is 0 Å². The van der Waals surface area contributed by atoms with E-state index in [1.807, 2.05) is 20.8 Å². The topological polar surface area (TPSA) is 56.8 Å². The van der Waals surface area contributed by atoms with Crippen molar-refractivity contribution >= 4 is 5.97 Å². The first kappa shape index (κ1) is 18.4. The largest absolute Gasteiger partial charge is 0.468 e. The number of ether oxygens (including phenoxy) is 3. The molecular formula is C14H29NO4. The molecule has 19 heavy (non-hydrogen) atoms. The number of hydrogen-bond acceptors (Lipinski definition) is 5. The lowest BCUT2D eigenvalue weighted by molar-refractivity contribution is -0.149. The molecule has 114 valence electrons. The Bertz CT molecular complexity index is 248. The molecule has 2 unspecified atom stereocenters. The summed E-state index contributed by atoms with van der Waals surface area (Å²) in [6.07, 6.45) is 1.55. The van der Waals surface area contributed by atoms with Crippen molar-refractivity contribution in [3.8, 4) is 0 Å². The van der Waals surface area contributed by atoms with Crippen LogP contribution in [0, 0.1) is 0 Å². The van der Waals surface area contributed by atoms with Gasteiger partial charge in [-0.1, -0.05) is 13.8 Å². The monoisotopic (exact) mass is 275 g/mol. The summed E-state index contributed by atoms with van der Waals surface area (Å²) in [6, 6.07) is 0.